The molecule has 0 aromatic carbocycles. The van der Waals surface area contributed by atoms with Gasteiger partial charge in [-0.1, -0.05) is 44.8 Å². The Morgan fingerprint density at radius 1 is 1.33 bits per heavy atom. The average Bonchev–Trinajstić information content (AvgIpc) is 2.50. The Balaban J connectivity index is 2.58. The van der Waals surface area contributed by atoms with Crippen LogP contribution in [0.5, 0.6) is 0 Å². The number of hydrogen-bond donors (Lipinski definition) is 1. The van der Waals surface area contributed by atoms with Gasteiger partial charge in [0.2, 0.25) is 0 Å². The molecule has 1 atom stereocenters. The lowest BCUT2D eigenvalue weighted by Crippen LogP contribution is -2.34. The van der Waals surface area contributed by atoms with Gasteiger partial charge in [0.05, 0.1) is 8.07 Å². The maximum absolute atomic E-state index is 8.97. The molecule has 0 spiro atoms. The summed E-state index contributed by atoms with van der Waals surface area (Å²) in [5.41, 5.74) is 0.942. The lowest BCUT2D eigenvalue weighted by Gasteiger charge is -2.31. The predicted molar refractivity (Wildman–Crippen MR) is 56.2 cm³/mol. The first kappa shape index (κ1) is 10.3. The molecule has 2 heteroatoms. The zero-order valence-electron chi connectivity index (χ0n) is 8.47. The summed E-state index contributed by atoms with van der Waals surface area (Å²) in [6.07, 6.45) is 3.95. The van der Waals surface area contributed by atoms with Crippen molar-refractivity contribution in [3.8, 4) is 0 Å². The van der Waals surface area contributed by atoms with Crippen molar-refractivity contribution in [2.75, 3.05) is 6.61 Å². The van der Waals surface area contributed by atoms with Crippen molar-refractivity contribution in [2.45, 2.75) is 56.8 Å². The van der Waals surface area contributed by atoms with Crippen molar-refractivity contribution < 1.29 is 5.11 Å². The highest BCUT2D eigenvalue weighted by molar-refractivity contribution is 6.81. The van der Waals surface area contributed by atoms with Crippen molar-refractivity contribution in [3.63, 3.8) is 0 Å². The molecule has 1 fully saturated rings. The average molecular weight is 186 g/mol. The second-order valence-electron chi connectivity index (χ2n) is 4.17. The van der Waals surface area contributed by atoms with Crippen LogP contribution < -0.4 is 0 Å². The van der Waals surface area contributed by atoms with Gasteiger partial charge in [-0.15, -0.1) is 0 Å². The van der Waals surface area contributed by atoms with Crippen LogP contribution in [0.4, 0.5) is 0 Å². The van der Waals surface area contributed by atoms with Crippen LogP contribution in [0.3, 0.4) is 0 Å². The van der Waals surface area contributed by atoms with E-state index < -0.39 is 8.07 Å². The minimum atomic E-state index is -0.891. The molecule has 0 bridgehead atoms. The molecular formula is C10H22OSi. The second kappa shape index (κ2) is 4.42. The van der Waals surface area contributed by atoms with Gasteiger partial charge in [0.1, 0.15) is 0 Å². The normalized spacial score (nSPS) is 27.8. The van der Waals surface area contributed by atoms with E-state index in [9.17, 15) is 0 Å². The zero-order chi connectivity index (χ0) is 9.03. The van der Waals surface area contributed by atoms with Crippen LogP contribution in [0.15, 0.2) is 0 Å². The van der Waals surface area contributed by atoms with Crippen molar-refractivity contribution in [1.29, 1.82) is 0 Å². The van der Waals surface area contributed by atoms with E-state index >= 15 is 0 Å². The molecule has 72 valence electrons. The van der Waals surface area contributed by atoms with Gasteiger partial charge in [-0.05, 0) is 12.0 Å². The molecule has 1 aliphatic rings. The minimum absolute atomic E-state index is 0.416. The molecule has 0 aliphatic carbocycles. The Hall–Kier alpha value is 0.177. The third-order valence-corrected chi connectivity index (χ3v) is 10.5. The highest BCUT2D eigenvalue weighted by atomic mass is 28.3. The second-order valence-corrected chi connectivity index (χ2v) is 9.63. The Morgan fingerprint density at radius 2 is 2.00 bits per heavy atom. The summed E-state index contributed by atoms with van der Waals surface area (Å²) in [5.74, 6) is 0. The van der Waals surface area contributed by atoms with Crippen molar-refractivity contribution in [3.05, 3.63) is 0 Å². The van der Waals surface area contributed by atoms with E-state index in [-0.39, 0.29) is 0 Å². The summed E-state index contributed by atoms with van der Waals surface area (Å²) in [6.45, 7) is 5.15. The smallest absolute Gasteiger partial charge is 0.0562 e. The molecule has 0 amide bonds. The SMILES string of the molecule is CC[Si]1(CC)CCCC1CCO. The quantitative estimate of drug-likeness (QED) is 0.669. The van der Waals surface area contributed by atoms with E-state index in [0.717, 1.165) is 12.0 Å². The van der Waals surface area contributed by atoms with E-state index in [1.54, 1.807) is 0 Å². The van der Waals surface area contributed by atoms with Crippen molar-refractivity contribution in [2.24, 2.45) is 0 Å². The van der Waals surface area contributed by atoms with Crippen LogP contribution in [-0.4, -0.2) is 19.8 Å². The van der Waals surface area contributed by atoms with Crippen LogP contribution in [0, 0.1) is 0 Å². The molecule has 1 saturated heterocycles. The number of rotatable bonds is 4. The molecule has 0 saturated carbocycles. The van der Waals surface area contributed by atoms with Crippen LogP contribution in [0.2, 0.25) is 23.7 Å². The molecule has 0 aromatic heterocycles. The Morgan fingerprint density at radius 3 is 2.50 bits per heavy atom. The maximum atomic E-state index is 8.97. The van der Waals surface area contributed by atoms with Crippen LogP contribution in [0.1, 0.15) is 33.1 Å². The van der Waals surface area contributed by atoms with E-state index in [2.05, 4.69) is 13.8 Å². The Labute approximate surface area is 77.2 Å². The highest BCUT2D eigenvalue weighted by Crippen LogP contribution is 2.46. The first-order valence-corrected chi connectivity index (χ1v) is 8.09. The van der Waals surface area contributed by atoms with Gasteiger partial charge < -0.3 is 5.11 Å². The van der Waals surface area contributed by atoms with Crippen LogP contribution >= 0.6 is 0 Å². The fourth-order valence-electron chi connectivity index (χ4n) is 3.00. The molecule has 0 radical (unpaired) electrons. The molecule has 1 N–H and O–H groups in total. The number of hydrogen-bond acceptors (Lipinski definition) is 1. The summed E-state index contributed by atoms with van der Waals surface area (Å²) in [7, 11) is -0.891. The molecular weight excluding hydrogens is 164 g/mol. The van der Waals surface area contributed by atoms with Gasteiger partial charge in [-0.25, -0.2) is 0 Å². The molecule has 12 heavy (non-hydrogen) atoms. The van der Waals surface area contributed by atoms with Gasteiger partial charge in [0, 0.05) is 6.61 Å². The molecule has 0 aromatic rings. The molecule has 1 nitrogen and oxygen atoms in total. The van der Waals surface area contributed by atoms with E-state index in [1.807, 2.05) is 0 Å². The number of aliphatic hydroxyl groups is 1. The molecule has 1 heterocycles. The van der Waals surface area contributed by atoms with E-state index in [1.165, 1.54) is 31.0 Å². The highest BCUT2D eigenvalue weighted by Gasteiger charge is 2.40. The molecule has 1 rings (SSSR count). The summed E-state index contributed by atoms with van der Waals surface area (Å²) in [6, 6.07) is 4.41. The third kappa shape index (κ3) is 1.74. The van der Waals surface area contributed by atoms with Crippen molar-refractivity contribution >= 4 is 8.07 Å². The minimum Gasteiger partial charge on any atom is -0.396 e. The van der Waals surface area contributed by atoms with Crippen molar-refractivity contribution in [1.82, 2.24) is 0 Å². The Bertz CT molecular complexity index is 132. The lowest BCUT2D eigenvalue weighted by atomic mass is 10.2. The fourth-order valence-corrected chi connectivity index (χ4v) is 8.23. The Kier molecular flexibility index (Phi) is 3.78. The zero-order valence-corrected chi connectivity index (χ0v) is 9.47. The summed E-state index contributed by atoms with van der Waals surface area (Å²) < 4.78 is 0. The van der Waals surface area contributed by atoms with Crippen LogP contribution in [-0.2, 0) is 0 Å². The van der Waals surface area contributed by atoms with E-state index in [4.69, 9.17) is 5.11 Å². The largest absolute Gasteiger partial charge is 0.396 e. The fraction of sp³-hybridized carbons (Fsp3) is 1.00. The first-order chi connectivity index (χ1) is 5.79. The summed E-state index contributed by atoms with van der Waals surface area (Å²) in [5, 5.41) is 8.97. The van der Waals surface area contributed by atoms with Gasteiger partial charge in [0.25, 0.3) is 0 Å². The lowest BCUT2D eigenvalue weighted by molar-refractivity contribution is 0.283. The molecule has 1 aliphatic heterocycles. The predicted octanol–water partition coefficient (Wildman–Crippen LogP) is 3.02. The topological polar surface area (TPSA) is 20.2 Å². The maximum Gasteiger partial charge on any atom is 0.0562 e. The molecule has 1 unspecified atom stereocenters. The van der Waals surface area contributed by atoms with Gasteiger partial charge in [-0.2, -0.15) is 0 Å². The van der Waals surface area contributed by atoms with Gasteiger partial charge in [-0.3, -0.25) is 0 Å². The van der Waals surface area contributed by atoms with Gasteiger partial charge >= 0.3 is 0 Å². The standard InChI is InChI=1S/C10H22OSi/c1-3-12(4-2)9-5-6-10(12)7-8-11/h10-11H,3-9H2,1-2H3. The summed E-state index contributed by atoms with van der Waals surface area (Å²) >= 11 is 0. The van der Waals surface area contributed by atoms with Gasteiger partial charge in [0.15, 0.2) is 0 Å². The first-order valence-electron chi connectivity index (χ1n) is 5.40. The third-order valence-electron chi connectivity index (χ3n) is 3.98. The number of aliphatic hydroxyl groups excluding tert-OH is 1. The monoisotopic (exact) mass is 186 g/mol. The summed E-state index contributed by atoms with van der Waals surface area (Å²) in [4.78, 5) is 0. The van der Waals surface area contributed by atoms with Crippen LogP contribution in [0.25, 0.3) is 0 Å². The van der Waals surface area contributed by atoms with E-state index in [0.29, 0.717) is 6.61 Å².